The molecule has 5 rings (SSSR count). The Kier molecular flexibility index (Phi) is 6.55. The summed E-state index contributed by atoms with van der Waals surface area (Å²) in [4.78, 5) is 0. The van der Waals surface area contributed by atoms with Crippen molar-refractivity contribution in [2.75, 3.05) is 20.8 Å². The minimum absolute atomic E-state index is 0.267. The SMILES string of the molecule is COc1cc(CC2COc3c(cc(Cn4ccn(C)c4=N)cc3-c3ccc(F)cc3)C2)cc(OC)c1. The molecule has 0 saturated heterocycles. The van der Waals surface area contributed by atoms with Crippen LogP contribution in [0.2, 0.25) is 0 Å². The van der Waals surface area contributed by atoms with Crippen LogP contribution >= 0.6 is 0 Å². The molecule has 0 aliphatic carbocycles. The van der Waals surface area contributed by atoms with Gasteiger partial charge in [0.25, 0.3) is 0 Å². The number of imidazole rings is 1. The molecule has 0 amide bonds. The van der Waals surface area contributed by atoms with Crippen LogP contribution in [0.4, 0.5) is 4.39 Å². The zero-order valence-electron chi connectivity index (χ0n) is 20.8. The summed E-state index contributed by atoms with van der Waals surface area (Å²) in [6.07, 6.45) is 5.47. The fourth-order valence-corrected chi connectivity index (χ4v) is 4.88. The summed E-state index contributed by atoms with van der Waals surface area (Å²) in [7, 11) is 5.18. The fraction of sp³-hybridized carbons (Fsp3) is 0.276. The minimum atomic E-state index is -0.267. The predicted molar refractivity (Wildman–Crippen MR) is 136 cm³/mol. The average molecular weight is 488 g/mol. The number of fused-ring (bicyclic) bond motifs is 1. The number of ether oxygens (including phenoxy) is 3. The summed E-state index contributed by atoms with van der Waals surface area (Å²) in [5.74, 6) is 2.41. The van der Waals surface area contributed by atoms with Crippen molar-refractivity contribution >= 4 is 0 Å². The highest BCUT2D eigenvalue weighted by atomic mass is 19.1. The first-order valence-electron chi connectivity index (χ1n) is 12.0. The minimum Gasteiger partial charge on any atom is -0.497 e. The first kappa shape index (κ1) is 23.7. The molecule has 0 spiro atoms. The van der Waals surface area contributed by atoms with Gasteiger partial charge in [-0.3, -0.25) is 5.41 Å². The molecule has 36 heavy (non-hydrogen) atoms. The molecule has 1 aliphatic heterocycles. The second kappa shape index (κ2) is 9.93. The van der Waals surface area contributed by atoms with Gasteiger partial charge in [-0.05, 0) is 65.4 Å². The molecule has 1 atom stereocenters. The van der Waals surface area contributed by atoms with Crippen LogP contribution < -0.4 is 19.8 Å². The summed E-state index contributed by atoms with van der Waals surface area (Å²) in [5, 5.41) is 8.32. The number of rotatable bonds is 7. The van der Waals surface area contributed by atoms with Crippen molar-refractivity contribution in [3.8, 4) is 28.4 Å². The maximum absolute atomic E-state index is 13.6. The van der Waals surface area contributed by atoms with Crippen molar-refractivity contribution in [1.29, 1.82) is 5.41 Å². The molecule has 0 saturated carbocycles. The van der Waals surface area contributed by atoms with Gasteiger partial charge in [0, 0.05) is 37.0 Å². The van der Waals surface area contributed by atoms with Gasteiger partial charge >= 0.3 is 0 Å². The first-order valence-corrected chi connectivity index (χ1v) is 12.0. The van der Waals surface area contributed by atoms with Crippen LogP contribution in [0.25, 0.3) is 11.1 Å². The summed E-state index contributed by atoms with van der Waals surface area (Å²) < 4.78 is 34.6. The Morgan fingerprint density at radius 3 is 2.33 bits per heavy atom. The quantitative estimate of drug-likeness (QED) is 0.400. The van der Waals surface area contributed by atoms with Gasteiger partial charge < -0.3 is 23.3 Å². The van der Waals surface area contributed by atoms with Gasteiger partial charge in [-0.2, -0.15) is 0 Å². The third-order valence-corrected chi connectivity index (χ3v) is 6.72. The number of hydrogen-bond acceptors (Lipinski definition) is 4. The van der Waals surface area contributed by atoms with Crippen molar-refractivity contribution in [3.05, 3.63) is 95.1 Å². The Labute approximate surface area is 210 Å². The lowest BCUT2D eigenvalue weighted by atomic mass is 9.87. The summed E-state index contributed by atoms with van der Waals surface area (Å²) in [5.41, 5.74) is 5.63. The van der Waals surface area contributed by atoms with Gasteiger partial charge in [-0.15, -0.1) is 0 Å². The molecule has 1 aromatic heterocycles. The van der Waals surface area contributed by atoms with E-state index in [1.54, 1.807) is 30.9 Å². The zero-order chi connectivity index (χ0) is 25.2. The van der Waals surface area contributed by atoms with E-state index < -0.39 is 0 Å². The van der Waals surface area contributed by atoms with Crippen LogP contribution in [0, 0.1) is 17.1 Å². The van der Waals surface area contributed by atoms with Gasteiger partial charge in [0.05, 0.1) is 27.4 Å². The highest BCUT2D eigenvalue weighted by molar-refractivity contribution is 5.73. The normalized spacial score (nSPS) is 14.7. The molecular weight excluding hydrogens is 457 g/mol. The van der Waals surface area contributed by atoms with Crippen LogP contribution in [0.1, 0.15) is 16.7 Å². The molecule has 186 valence electrons. The number of benzene rings is 3. The molecule has 0 radical (unpaired) electrons. The summed E-state index contributed by atoms with van der Waals surface area (Å²) >= 11 is 0. The average Bonchev–Trinajstić information content (AvgIpc) is 3.20. The van der Waals surface area contributed by atoms with Crippen molar-refractivity contribution < 1.29 is 18.6 Å². The maximum atomic E-state index is 13.6. The zero-order valence-corrected chi connectivity index (χ0v) is 20.8. The van der Waals surface area contributed by atoms with E-state index in [0.29, 0.717) is 18.8 Å². The van der Waals surface area contributed by atoms with Crippen LogP contribution in [-0.4, -0.2) is 30.0 Å². The fourth-order valence-electron chi connectivity index (χ4n) is 4.88. The van der Waals surface area contributed by atoms with E-state index in [4.69, 9.17) is 19.6 Å². The Hall–Kier alpha value is -4.00. The molecule has 6 nitrogen and oxygen atoms in total. The Bertz CT molecular complexity index is 1420. The standard InChI is InChI=1S/C29H30FN3O3/c1-32-8-9-33(29(32)31)17-20-11-23-12-21(10-19-13-25(34-2)16-26(14-19)35-3)18-36-28(23)27(15-20)22-4-6-24(30)7-5-22/h4-9,11,13-16,21,31H,10,12,17-18H2,1-3H3. The molecule has 0 bridgehead atoms. The van der Waals surface area contributed by atoms with Crippen LogP contribution in [0.5, 0.6) is 17.2 Å². The number of methoxy groups -OCH3 is 2. The van der Waals surface area contributed by atoms with Crippen molar-refractivity contribution in [2.24, 2.45) is 13.0 Å². The van der Waals surface area contributed by atoms with E-state index in [1.165, 1.54) is 12.1 Å². The number of aryl methyl sites for hydroxylation is 1. The molecular formula is C29H30FN3O3. The van der Waals surface area contributed by atoms with Crippen LogP contribution in [-0.2, 0) is 26.4 Å². The molecule has 0 fully saturated rings. The number of nitrogens with one attached hydrogen (secondary N) is 1. The van der Waals surface area contributed by atoms with E-state index in [0.717, 1.165) is 57.9 Å². The van der Waals surface area contributed by atoms with E-state index >= 15 is 0 Å². The van der Waals surface area contributed by atoms with Gasteiger partial charge in [-0.1, -0.05) is 18.2 Å². The molecule has 1 aliphatic rings. The molecule has 4 aromatic rings. The lowest BCUT2D eigenvalue weighted by Crippen LogP contribution is -2.25. The highest BCUT2D eigenvalue weighted by Gasteiger charge is 2.25. The van der Waals surface area contributed by atoms with E-state index in [2.05, 4.69) is 12.1 Å². The summed E-state index contributed by atoms with van der Waals surface area (Å²) in [6.45, 7) is 1.16. The maximum Gasteiger partial charge on any atom is 0.202 e. The molecule has 1 unspecified atom stereocenters. The van der Waals surface area contributed by atoms with Crippen LogP contribution in [0.15, 0.2) is 67.0 Å². The highest BCUT2D eigenvalue weighted by Crippen LogP contribution is 2.40. The molecule has 7 heteroatoms. The second-order valence-corrected chi connectivity index (χ2v) is 9.31. The third kappa shape index (κ3) is 4.87. The van der Waals surface area contributed by atoms with E-state index in [9.17, 15) is 4.39 Å². The number of nitrogens with zero attached hydrogens (tertiary/aromatic N) is 2. The topological polar surface area (TPSA) is 61.4 Å². The Balaban J connectivity index is 1.49. The van der Waals surface area contributed by atoms with Gasteiger partial charge in [0.1, 0.15) is 23.1 Å². The predicted octanol–water partition coefficient (Wildman–Crippen LogP) is 4.97. The Morgan fingerprint density at radius 2 is 1.69 bits per heavy atom. The van der Waals surface area contributed by atoms with Gasteiger partial charge in [0.2, 0.25) is 5.62 Å². The molecule has 1 N–H and O–H groups in total. The largest absolute Gasteiger partial charge is 0.497 e. The van der Waals surface area contributed by atoms with E-state index in [-0.39, 0.29) is 11.7 Å². The van der Waals surface area contributed by atoms with E-state index in [1.807, 2.05) is 42.2 Å². The lowest BCUT2D eigenvalue weighted by molar-refractivity contribution is 0.222. The number of aromatic nitrogens is 2. The summed E-state index contributed by atoms with van der Waals surface area (Å²) in [6, 6.07) is 16.8. The lowest BCUT2D eigenvalue weighted by Gasteiger charge is -2.28. The first-order chi connectivity index (χ1) is 17.4. The van der Waals surface area contributed by atoms with Gasteiger partial charge in [0.15, 0.2) is 0 Å². The Morgan fingerprint density at radius 1 is 0.972 bits per heavy atom. The number of halogens is 1. The molecule has 3 aromatic carbocycles. The van der Waals surface area contributed by atoms with Crippen molar-refractivity contribution in [2.45, 2.75) is 19.4 Å². The van der Waals surface area contributed by atoms with Crippen molar-refractivity contribution in [3.63, 3.8) is 0 Å². The molecule has 2 heterocycles. The van der Waals surface area contributed by atoms with Crippen molar-refractivity contribution in [1.82, 2.24) is 9.13 Å². The number of hydrogen-bond donors (Lipinski definition) is 1. The second-order valence-electron chi connectivity index (χ2n) is 9.31. The monoisotopic (exact) mass is 487 g/mol. The van der Waals surface area contributed by atoms with Crippen LogP contribution in [0.3, 0.4) is 0 Å². The smallest absolute Gasteiger partial charge is 0.202 e. The third-order valence-electron chi connectivity index (χ3n) is 6.72. The van der Waals surface area contributed by atoms with Gasteiger partial charge in [-0.25, -0.2) is 4.39 Å².